The van der Waals surface area contributed by atoms with Gasteiger partial charge in [0.2, 0.25) is 10.0 Å². The molecule has 0 aromatic heterocycles. The minimum Gasteiger partial charge on any atom is -0.468 e. The molecule has 0 atom stereocenters. The number of sulfonamides is 1. The molecule has 0 aliphatic heterocycles. The van der Waals surface area contributed by atoms with Crippen LogP contribution in [0.25, 0.3) is 0 Å². The third kappa shape index (κ3) is 3.79. The van der Waals surface area contributed by atoms with Gasteiger partial charge in [-0.2, -0.15) is 0 Å². The average Bonchev–Trinajstić information content (AvgIpc) is 2.23. The molecule has 0 saturated heterocycles. The molecular weight excluding hydrogens is 268 g/mol. The number of esters is 1. The number of hydrogen-bond donors (Lipinski definition) is 2. The fraction of sp³-hybridized carbons (Fsp3) is 0.222. The lowest BCUT2D eigenvalue weighted by Gasteiger charge is -2.10. The molecule has 0 bridgehead atoms. The molecule has 94 valence electrons. The Labute approximate surface area is 104 Å². The Kier molecular flexibility index (Phi) is 4.19. The van der Waals surface area contributed by atoms with Crippen LogP contribution in [0.4, 0.5) is 11.4 Å². The molecule has 0 fully saturated rings. The highest BCUT2D eigenvalue weighted by molar-refractivity contribution is 7.93. The number of carbonyl (C=O) groups is 1. The smallest absolute Gasteiger partial charge is 0.322 e. The van der Waals surface area contributed by atoms with Crippen LogP contribution in [0.1, 0.15) is 0 Å². The van der Waals surface area contributed by atoms with Crippen molar-refractivity contribution in [2.24, 2.45) is 0 Å². The van der Waals surface area contributed by atoms with Gasteiger partial charge in [-0.05, 0) is 12.1 Å². The summed E-state index contributed by atoms with van der Waals surface area (Å²) < 4.78 is 29.5. The zero-order valence-corrected chi connectivity index (χ0v) is 10.5. The van der Waals surface area contributed by atoms with Gasteiger partial charge < -0.3 is 10.5 Å². The van der Waals surface area contributed by atoms with Crippen molar-refractivity contribution in [3.63, 3.8) is 0 Å². The fourth-order valence-corrected chi connectivity index (χ4v) is 2.38. The lowest BCUT2D eigenvalue weighted by molar-refractivity contribution is -0.137. The SMILES string of the molecule is COC(=O)CS(=O)(=O)Nc1c(N)cccc1Cl. The van der Waals surface area contributed by atoms with Crippen molar-refractivity contribution in [3.8, 4) is 0 Å². The molecule has 8 heteroatoms. The number of nitrogens with two attached hydrogens (primary N) is 1. The first kappa shape index (κ1) is 13.6. The second-order valence-electron chi connectivity index (χ2n) is 3.14. The van der Waals surface area contributed by atoms with Crippen LogP contribution in [0.2, 0.25) is 5.02 Å². The summed E-state index contributed by atoms with van der Waals surface area (Å²) in [6.07, 6.45) is 0. The Morgan fingerprint density at radius 2 is 2.18 bits per heavy atom. The van der Waals surface area contributed by atoms with Gasteiger partial charge in [-0.25, -0.2) is 8.42 Å². The van der Waals surface area contributed by atoms with Crippen LogP contribution in [0.15, 0.2) is 18.2 Å². The number of ether oxygens (including phenoxy) is 1. The molecule has 0 radical (unpaired) electrons. The number of benzene rings is 1. The average molecular weight is 279 g/mol. The van der Waals surface area contributed by atoms with E-state index in [1.807, 2.05) is 0 Å². The van der Waals surface area contributed by atoms with Crippen LogP contribution in [0.5, 0.6) is 0 Å². The number of para-hydroxylation sites is 1. The Hall–Kier alpha value is -1.47. The molecule has 6 nitrogen and oxygen atoms in total. The fourth-order valence-electron chi connectivity index (χ4n) is 1.05. The zero-order chi connectivity index (χ0) is 13.1. The Morgan fingerprint density at radius 1 is 1.53 bits per heavy atom. The van der Waals surface area contributed by atoms with Crippen LogP contribution >= 0.6 is 11.6 Å². The lowest BCUT2D eigenvalue weighted by Crippen LogP contribution is -2.24. The number of halogens is 1. The number of carbonyl (C=O) groups excluding carboxylic acids is 1. The summed E-state index contributed by atoms with van der Waals surface area (Å²) in [7, 11) is -2.78. The molecule has 1 rings (SSSR count). The summed E-state index contributed by atoms with van der Waals surface area (Å²) in [4.78, 5) is 10.9. The number of rotatable bonds is 4. The highest BCUT2D eigenvalue weighted by Crippen LogP contribution is 2.28. The largest absolute Gasteiger partial charge is 0.468 e. The van der Waals surface area contributed by atoms with Gasteiger partial charge in [0.1, 0.15) is 0 Å². The number of methoxy groups -OCH3 is 1. The molecule has 0 heterocycles. The molecule has 0 spiro atoms. The quantitative estimate of drug-likeness (QED) is 0.628. The van der Waals surface area contributed by atoms with E-state index in [0.717, 1.165) is 7.11 Å². The van der Waals surface area contributed by atoms with Gasteiger partial charge >= 0.3 is 5.97 Å². The first-order valence-corrected chi connectivity index (χ1v) is 6.50. The number of anilines is 2. The van der Waals surface area contributed by atoms with Crippen LogP contribution < -0.4 is 10.5 Å². The molecule has 0 aliphatic carbocycles. The Balaban J connectivity index is 2.95. The van der Waals surface area contributed by atoms with Crippen molar-refractivity contribution in [1.82, 2.24) is 0 Å². The first-order chi connectivity index (χ1) is 7.85. The number of hydrogen-bond acceptors (Lipinski definition) is 5. The van der Waals surface area contributed by atoms with E-state index < -0.39 is 21.7 Å². The van der Waals surface area contributed by atoms with E-state index in [4.69, 9.17) is 17.3 Å². The lowest BCUT2D eigenvalue weighted by atomic mass is 10.3. The maximum absolute atomic E-state index is 11.5. The highest BCUT2D eigenvalue weighted by Gasteiger charge is 2.19. The van der Waals surface area contributed by atoms with Crippen molar-refractivity contribution in [2.45, 2.75) is 0 Å². The van der Waals surface area contributed by atoms with Crippen molar-refractivity contribution in [1.29, 1.82) is 0 Å². The van der Waals surface area contributed by atoms with Gasteiger partial charge in [-0.1, -0.05) is 17.7 Å². The molecule has 0 amide bonds. The molecule has 3 N–H and O–H groups in total. The van der Waals surface area contributed by atoms with Crippen molar-refractivity contribution in [3.05, 3.63) is 23.2 Å². The van der Waals surface area contributed by atoms with E-state index in [0.29, 0.717) is 0 Å². The molecule has 1 aromatic carbocycles. The highest BCUT2D eigenvalue weighted by atomic mass is 35.5. The standard InChI is InChI=1S/C9H11ClN2O4S/c1-16-8(13)5-17(14,15)12-9-6(10)3-2-4-7(9)11/h2-4,12H,5,11H2,1H3. The van der Waals surface area contributed by atoms with Gasteiger partial charge in [0.15, 0.2) is 5.75 Å². The van der Waals surface area contributed by atoms with Crippen molar-refractivity contribution >= 4 is 39.0 Å². The van der Waals surface area contributed by atoms with E-state index in [9.17, 15) is 13.2 Å². The van der Waals surface area contributed by atoms with E-state index in [2.05, 4.69) is 9.46 Å². The minimum absolute atomic E-state index is 0.0538. The summed E-state index contributed by atoms with van der Waals surface area (Å²) in [6, 6.07) is 4.55. The topological polar surface area (TPSA) is 98.5 Å². The molecule has 17 heavy (non-hydrogen) atoms. The maximum atomic E-state index is 11.5. The summed E-state index contributed by atoms with van der Waals surface area (Å²) in [5.41, 5.74) is 5.79. The van der Waals surface area contributed by atoms with Crippen molar-refractivity contribution in [2.75, 3.05) is 23.3 Å². The molecule has 0 saturated carbocycles. The first-order valence-electron chi connectivity index (χ1n) is 4.47. The molecular formula is C9H11ClN2O4S. The second kappa shape index (κ2) is 5.24. The minimum atomic E-state index is -3.88. The van der Waals surface area contributed by atoms with Crippen LogP contribution in [-0.2, 0) is 19.6 Å². The second-order valence-corrected chi connectivity index (χ2v) is 5.27. The zero-order valence-electron chi connectivity index (χ0n) is 8.94. The third-order valence-electron chi connectivity index (χ3n) is 1.84. The maximum Gasteiger partial charge on any atom is 0.322 e. The van der Waals surface area contributed by atoms with E-state index in [-0.39, 0.29) is 16.4 Å². The van der Waals surface area contributed by atoms with E-state index in [1.165, 1.54) is 12.1 Å². The van der Waals surface area contributed by atoms with Crippen LogP contribution in [0.3, 0.4) is 0 Å². The summed E-state index contributed by atoms with van der Waals surface area (Å²) in [5, 5.41) is 0.151. The van der Waals surface area contributed by atoms with Gasteiger partial charge in [0.05, 0.1) is 23.5 Å². The van der Waals surface area contributed by atoms with Crippen molar-refractivity contribution < 1.29 is 17.9 Å². The van der Waals surface area contributed by atoms with E-state index in [1.54, 1.807) is 6.07 Å². The van der Waals surface area contributed by atoms with Crippen LogP contribution in [0, 0.1) is 0 Å². The Bertz CT molecular complexity index is 510. The summed E-state index contributed by atoms with van der Waals surface area (Å²) in [5.74, 6) is -1.67. The molecule has 0 unspecified atom stereocenters. The van der Waals surface area contributed by atoms with Gasteiger partial charge in [0, 0.05) is 0 Å². The monoisotopic (exact) mass is 278 g/mol. The Morgan fingerprint density at radius 3 is 2.71 bits per heavy atom. The van der Waals surface area contributed by atoms with Gasteiger partial charge in [0.25, 0.3) is 0 Å². The molecule has 1 aromatic rings. The number of nitrogen functional groups attached to an aromatic ring is 1. The third-order valence-corrected chi connectivity index (χ3v) is 3.28. The molecule has 0 aliphatic rings. The predicted octanol–water partition coefficient (Wildman–Crippen LogP) is 0.837. The van der Waals surface area contributed by atoms with Crippen LogP contribution in [-0.4, -0.2) is 27.2 Å². The van der Waals surface area contributed by atoms with E-state index >= 15 is 0 Å². The summed E-state index contributed by atoms with van der Waals surface area (Å²) in [6.45, 7) is 0. The normalized spacial score (nSPS) is 10.9. The number of nitrogens with one attached hydrogen (secondary N) is 1. The summed E-state index contributed by atoms with van der Waals surface area (Å²) >= 11 is 5.78. The van der Waals surface area contributed by atoms with Gasteiger partial charge in [-0.3, -0.25) is 9.52 Å². The predicted molar refractivity (Wildman–Crippen MR) is 65.3 cm³/mol. The van der Waals surface area contributed by atoms with Gasteiger partial charge in [-0.15, -0.1) is 0 Å².